The first-order valence-electron chi connectivity index (χ1n) is 13.5. The molecule has 0 aliphatic heterocycles. The number of rotatable bonds is 22. The summed E-state index contributed by atoms with van der Waals surface area (Å²) < 4.78 is 21.8. The molecule has 0 aromatic heterocycles. The van der Waals surface area contributed by atoms with Gasteiger partial charge in [-0.25, -0.2) is 0 Å². The first-order chi connectivity index (χ1) is 18.3. The van der Waals surface area contributed by atoms with Crippen molar-refractivity contribution in [3.05, 3.63) is 42.0 Å². The van der Waals surface area contributed by atoms with Crippen LogP contribution in [0.15, 0.2) is 36.4 Å². The Bertz CT molecular complexity index is 805. The molecule has 38 heavy (non-hydrogen) atoms. The molecular formula is C28H48N4O6. The first kappa shape index (κ1) is 33.5. The van der Waals surface area contributed by atoms with Crippen LogP contribution in [0.3, 0.4) is 0 Å². The fourth-order valence-electron chi connectivity index (χ4n) is 3.30. The highest BCUT2D eigenvalue weighted by atomic mass is 16.6. The summed E-state index contributed by atoms with van der Waals surface area (Å²) >= 11 is 0. The quantitative estimate of drug-likeness (QED) is 0.101. The van der Waals surface area contributed by atoms with E-state index in [2.05, 4.69) is 49.7 Å². The molecule has 0 saturated heterocycles. The van der Waals surface area contributed by atoms with Gasteiger partial charge in [-0.1, -0.05) is 45.4 Å². The topological polar surface area (TPSA) is 133 Å². The fourth-order valence-corrected chi connectivity index (χ4v) is 3.30. The molecule has 10 heteroatoms. The van der Waals surface area contributed by atoms with E-state index < -0.39 is 6.23 Å². The molecule has 0 fully saturated rings. The predicted molar refractivity (Wildman–Crippen MR) is 149 cm³/mol. The van der Waals surface area contributed by atoms with Gasteiger partial charge in [-0.2, -0.15) is 0 Å². The first-order valence-corrected chi connectivity index (χ1v) is 13.5. The Kier molecular flexibility index (Phi) is 18.9. The lowest BCUT2D eigenvalue weighted by atomic mass is 10.2. The van der Waals surface area contributed by atoms with Gasteiger partial charge in [0, 0.05) is 31.2 Å². The lowest BCUT2D eigenvalue weighted by molar-refractivity contribution is -0.126. The third kappa shape index (κ3) is 17.9. The minimum Gasteiger partial charge on any atom is -0.489 e. The Morgan fingerprint density at radius 3 is 2.61 bits per heavy atom. The van der Waals surface area contributed by atoms with Crippen LogP contribution >= 0.6 is 0 Å². The highest BCUT2D eigenvalue weighted by Gasteiger charge is 2.09. The average molecular weight is 537 g/mol. The molecule has 1 aromatic carbocycles. The Morgan fingerprint density at radius 2 is 1.84 bits per heavy atom. The molecule has 5 N–H and O–H groups in total. The number of nitrogens with two attached hydrogens (primary N) is 1. The molecule has 0 heterocycles. The molecule has 0 spiro atoms. The summed E-state index contributed by atoms with van der Waals surface area (Å²) in [4.78, 5) is 24.1. The molecule has 10 nitrogen and oxygen atoms in total. The zero-order chi connectivity index (χ0) is 28.0. The van der Waals surface area contributed by atoms with Crippen LogP contribution < -0.4 is 26.4 Å². The number of ether oxygens (including phenoxy) is 4. The molecule has 2 atom stereocenters. The maximum absolute atomic E-state index is 12.4. The minimum absolute atomic E-state index is 0.0644. The Balaban J connectivity index is 2.13. The van der Waals surface area contributed by atoms with Crippen LogP contribution in [0.4, 0.5) is 0 Å². The van der Waals surface area contributed by atoms with Crippen LogP contribution in [0.5, 0.6) is 5.75 Å². The number of amides is 2. The molecular weight excluding hydrogens is 488 g/mol. The van der Waals surface area contributed by atoms with Crippen molar-refractivity contribution in [1.29, 1.82) is 0 Å². The van der Waals surface area contributed by atoms with Crippen LogP contribution in [0.2, 0.25) is 0 Å². The summed E-state index contributed by atoms with van der Waals surface area (Å²) in [6, 6.07) is 7.35. The van der Waals surface area contributed by atoms with E-state index in [0.29, 0.717) is 49.6 Å². The largest absolute Gasteiger partial charge is 0.489 e. The van der Waals surface area contributed by atoms with Crippen LogP contribution in [0.25, 0.3) is 0 Å². The molecule has 1 aromatic rings. The summed E-state index contributed by atoms with van der Waals surface area (Å²) in [5.41, 5.74) is 6.45. The zero-order valence-electron chi connectivity index (χ0n) is 23.5. The van der Waals surface area contributed by atoms with E-state index in [1.54, 1.807) is 24.3 Å². The number of benzene rings is 1. The lowest BCUT2D eigenvalue weighted by Crippen LogP contribution is -2.35. The third-order valence-electron chi connectivity index (χ3n) is 5.23. The van der Waals surface area contributed by atoms with Gasteiger partial charge in [-0.15, -0.1) is 0 Å². The molecule has 2 amide bonds. The predicted octanol–water partition coefficient (Wildman–Crippen LogP) is 2.24. The molecule has 0 saturated carbocycles. The van der Waals surface area contributed by atoms with E-state index in [0.717, 1.165) is 19.4 Å². The van der Waals surface area contributed by atoms with E-state index in [4.69, 9.17) is 24.7 Å². The minimum atomic E-state index is -0.678. The van der Waals surface area contributed by atoms with Crippen molar-refractivity contribution in [2.45, 2.75) is 52.8 Å². The number of carbonyl (C=O) groups excluding carboxylic acids is 2. The normalized spacial score (nSPS) is 13.0. The fraction of sp³-hybridized carbons (Fsp3) is 0.643. The summed E-state index contributed by atoms with van der Waals surface area (Å²) in [5, 5.41) is 9.01. The van der Waals surface area contributed by atoms with Crippen molar-refractivity contribution >= 4 is 11.8 Å². The van der Waals surface area contributed by atoms with Crippen molar-refractivity contribution in [3.63, 3.8) is 0 Å². The zero-order valence-corrected chi connectivity index (χ0v) is 23.5. The van der Waals surface area contributed by atoms with E-state index in [-0.39, 0.29) is 38.2 Å². The Hall–Kier alpha value is -2.50. The number of hydrogen-bond acceptors (Lipinski definition) is 8. The number of nitrogens with one attached hydrogen (secondary N) is 3. The third-order valence-corrected chi connectivity index (χ3v) is 5.23. The van der Waals surface area contributed by atoms with Crippen molar-refractivity contribution in [2.75, 3.05) is 59.3 Å². The molecule has 0 aliphatic rings. The van der Waals surface area contributed by atoms with Gasteiger partial charge >= 0.3 is 0 Å². The molecule has 1 rings (SSSR count). The molecule has 0 bridgehead atoms. The molecule has 0 radical (unpaired) electrons. The molecule has 216 valence electrons. The standard InChI is InChI=1S/C28H48N4O6/c1-5-8-23(4)30-12-13-32-28(34)24-10-6-11-25(19-24)38-20-26(29)37-18-17-36-21-27(33)31-14-16-35-15-7-9-22(2)3/h6-7,9-11,19,22-23,26,30H,5,8,12-18,20-21,29H2,1-4H3,(H,31,33)(H,32,34)/b9-7+. The molecule has 2 unspecified atom stereocenters. The van der Waals surface area contributed by atoms with Gasteiger partial charge in [-0.05, 0) is 37.5 Å². The summed E-state index contributed by atoms with van der Waals surface area (Å²) in [6.07, 6.45) is 5.60. The van der Waals surface area contributed by atoms with Gasteiger partial charge in [0.05, 0.1) is 26.4 Å². The smallest absolute Gasteiger partial charge is 0.251 e. The lowest BCUT2D eigenvalue weighted by Gasteiger charge is -2.15. The van der Waals surface area contributed by atoms with Gasteiger partial charge < -0.3 is 40.6 Å². The summed E-state index contributed by atoms with van der Waals surface area (Å²) in [5.74, 6) is 0.646. The van der Waals surface area contributed by atoms with Crippen molar-refractivity contribution in [1.82, 2.24) is 16.0 Å². The van der Waals surface area contributed by atoms with Gasteiger partial charge in [0.25, 0.3) is 5.91 Å². The maximum Gasteiger partial charge on any atom is 0.251 e. The van der Waals surface area contributed by atoms with Crippen molar-refractivity contribution < 1.29 is 28.5 Å². The highest BCUT2D eigenvalue weighted by molar-refractivity contribution is 5.94. The summed E-state index contributed by atoms with van der Waals surface area (Å²) in [7, 11) is 0. The van der Waals surface area contributed by atoms with Crippen LogP contribution in [-0.4, -0.2) is 83.4 Å². The Labute approximate surface area is 228 Å². The second-order valence-electron chi connectivity index (χ2n) is 9.30. The number of allylic oxidation sites excluding steroid dienone is 1. The monoisotopic (exact) mass is 536 g/mol. The second-order valence-corrected chi connectivity index (χ2v) is 9.30. The van der Waals surface area contributed by atoms with Crippen molar-refractivity contribution in [2.24, 2.45) is 11.7 Å². The van der Waals surface area contributed by atoms with Gasteiger partial charge in [0.2, 0.25) is 5.91 Å². The SMILES string of the molecule is CCCC(C)NCCNC(=O)c1cccc(OCC(N)OCCOCC(=O)NCCOC/C=C/C(C)C)c1. The number of hydrogen-bond donors (Lipinski definition) is 4. The molecule has 0 aliphatic carbocycles. The van der Waals surface area contributed by atoms with Gasteiger partial charge in [0.1, 0.15) is 25.2 Å². The Morgan fingerprint density at radius 1 is 1.03 bits per heavy atom. The van der Waals surface area contributed by atoms with Gasteiger partial charge in [0.15, 0.2) is 0 Å². The van der Waals surface area contributed by atoms with E-state index in [1.807, 2.05) is 6.08 Å². The second kappa shape index (κ2) is 21.4. The maximum atomic E-state index is 12.4. The average Bonchev–Trinajstić information content (AvgIpc) is 2.89. The van der Waals surface area contributed by atoms with E-state index in [9.17, 15) is 9.59 Å². The van der Waals surface area contributed by atoms with Crippen LogP contribution in [0, 0.1) is 5.92 Å². The highest BCUT2D eigenvalue weighted by Crippen LogP contribution is 2.13. The van der Waals surface area contributed by atoms with E-state index >= 15 is 0 Å². The van der Waals surface area contributed by atoms with Crippen molar-refractivity contribution in [3.8, 4) is 5.75 Å². The van der Waals surface area contributed by atoms with Gasteiger partial charge in [-0.3, -0.25) is 9.59 Å². The van der Waals surface area contributed by atoms with Crippen LogP contribution in [-0.2, 0) is 19.0 Å². The summed E-state index contributed by atoms with van der Waals surface area (Å²) in [6.45, 7) is 11.6. The number of carbonyl (C=O) groups is 2. The van der Waals surface area contributed by atoms with E-state index in [1.165, 1.54) is 0 Å². The van der Waals surface area contributed by atoms with Crippen LogP contribution in [0.1, 0.15) is 50.9 Å².